The van der Waals surface area contributed by atoms with Crippen molar-refractivity contribution in [3.05, 3.63) is 35.9 Å². The number of hydrogen-bond donors (Lipinski definition) is 0. The zero-order valence-electron chi connectivity index (χ0n) is 10.1. The molecule has 3 heteroatoms. The van der Waals surface area contributed by atoms with Crippen LogP contribution in [0.2, 0.25) is 0 Å². The van der Waals surface area contributed by atoms with Gasteiger partial charge in [0.05, 0.1) is 6.42 Å². The summed E-state index contributed by atoms with van der Waals surface area (Å²) in [4.78, 5) is 14.0. The van der Waals surface area contributed by atoms with Gasteiger partial charge in [0.15, 0.2) is 0 Å². The van der Waals surface area contributed by atoms with E-state index in [1.807, 2.05) is 35.2 Å². The van der Waals surface area contributed by atoms with Crippen LogP contribution in [-0.4, -0.2) is 29.9 Å². The number of hydrogen-bond acceptors (Lipinski definition) is 1. The highest BCUT2D eigenvalue weighted by atomic mass is 16.2. The summed E-state index contributed by atoms with van der Waals surface area (Å²) in [6, 6.07) is 9.73. The quantitative estimate of drug-likeness (QED) is 0.766. The number of nitrogens with one attached hydrogen (secondary N) is 1. The Labute approximate surface area is 103 Å². The van der Waals surface area contributed by atoms with E-state index in [4.69, 9.17) is 5.73 Å². The summed E-state index contributed by atoms with van der Waals surface area (Å²) in [5.41, 5.74) is 8.88. The first-order valence-electron chi connectivity index (χ1n) is 6.28. The van der Waals surface area contributed by atoms with Gasteiger partial charge in [0.2, 0.25) is 5.91 Å². The molecule has 0 aliphatic carbocycles. The van der Waals surface area contributed by atoms with Crippen LogP contribution in [0.4, 0.5) is 0 Å². The molecule has 1 aliphatic heterocycles. The fourth-order valence-electron chi connectivity index (χ4n) is 2.25. The van der Waals surface area contributed by atoms with Crippen LogP contribution in [0.5, 0.6) is 0 Å². The van der Waals surface area contributed by atoms with E-state index >= 15 is 0 Å². The molecule has 0 aromatic heterocycles. The van der Waals surface area contributed by atoms with Crippen LogP contribution in [0.25, 0.3) is 0 Å². The molecule has 17 heavy (non-hydrogen) atoms. The Balaban J connectivity index is 1.95. The molecule has 1 aromatic carbocycles. The van der Waals surface area contributed by atoms with Crippen molar-refractivity contribution in [2.45, 2.75) is 31.7 Å². The lowest BCUT2D eigenvalue weighted by Gasteiger charge is -2.22. The molecule has 0 spiro atoms. The molecular weight excluding hydrogens is 212 g/mol. The molecule has 1 saturated heterocycles. The van der Waals surface area contributed by atoms with Crippen molar-refractivity contribution in [2.75, 3.05) is 13.1 Å². The molecule has 0 saturated carbocycles. The van der Waals surface area contributed by atoms with E-state index in [1.54, 1.807) is 0 Å². The second-order valence-corrected chi connectivity index (χ2v) is 4.69. The SMILES string of the molecule is [NH]C1CCCCN(C(=O)Cc2ccccc2)C1. The van der Waals surface area contributed by atoms with Gasteiger partial charge in [-0.3, -0.25) is 10.5 Å². The molecule has 1 fully saturated rings. The van der Waals surface area contributed by atoms with E-state index < -0.39 is 0 Å². The highest BCUT2D eigenvalue weighted by Gasteiger charge is 2.19. The van der Waals surface area contributed by atoms with Crippen molar-refractivity contribution in [1.29, 1.82) is 0 Å². The first-order valence-corrected chi connectivity index (χ1v) is 6.28. The summed E-state index contributed by atoms with van der Waals surface area (Å²) in [5, 5.41) is 0. The van der Waals surface area contributed by atoms with Crippen molar-refractivity contribution in [2.24, 2.45) is 0 Å². The van der Waals surface area contributed by atoms with Gasteiger partial charge in [0.1, 0.15) is 0 Å². The summed E-state index contributed by atoms with van der Waals surface area (Å²) in [6.07, 6.45) is 3.50. The number of benzene rings is 1. The van der Waals surface area contributed by atoms with Crippen LogP contribution in [-0.2, 0) is 11.2 Å². The van der Waals surface area contributed by atoms with Gasteiger partial charge in [-0.05, 0) is 18.4 Å². The molecule has 1 aromatic rings. The number of carbonyl (C=O) groups is 1. The molecule has 1 amide bonds. The van der Waals surface area contributed by atoms with Crippen LogP contribution in [0.1, 0.15) is 24.8 Å². The van der Waals surface area contributed by atoms with Gasteiger partial charge in [-0.2, -0.15) is 0 Å². The summed E-state index contributed by atoms with van der Waals surface area (Å²) in [6.45, 7) is 1.42. The molecule has 1 N–H and O–H groups in total. The Bertz CT molecular complexity index is 364. The standard InChI is InChI=1S/C14H19N2O/c15-13-8-4-5-9-16(11-13)14(17)10-12-6-2-1-3-7-12/h1-3,6-7,13,15H,4-5,8-11H2. The average molecular weight is 231 g/mol. The Morgan fingerprint density at radius 2 is 2.06 bits per heavy atom. The normalized spacial score (nSPS) is 21.0. The number of amides is 1. The third kappa shape index (κ3) is 3.56. The predicted octanol–water partition coefficient (Wildman–Crippen LogP) is 1.89. The number of nitrogens with zero attached hydrogens (tertiary/aromatic N) is 1. The smallest absolute Gasteiger partial charge is 0.227 e. The van der Waals surface area contributed by atoms with Gasteiger partial charge >= 0.3 is 0 Å². The lowest BCUT2D eigenvalue weighted by molar-refractivity contribution is -0.130. The monoisotopic (exact) mass is 231 g/mol. The minimum atomic E-state index is -0.0998. The highest BCUT2D eigenvalue weighted by molar-refractivity contribution is 5.78. The van der Waals surface area contributed by atoms with Crippen molar-refractivity contribution in [3.8, 4) is 0 Å². The predicted molar refractivity (Wildman–Crippen MR) is 67.5 cm³/mol. The Morgan fingerprint density at radius 1 is 1.29 bits per heavy atom. The van der Waals surface area contributed by atoms with E-state index in [9.17, 15) is 4.79 Å². The molecular formula is C14H19N2O. The lowest BCUT2D eigenvalue weighted by atomic mass is 10.1. The minimum Gasteiger partial charge on any atom is -0.341 e. The van der Waals surface area contributed by atoms with Crippen LogP contribution in [0, 0.1) is 0 Å². The lowest BCUT2D eigenvalue weighted by Crippen LogP contribution is -2.37. The van der Waals surface area contributed by atoms with Crippen LogP contribution in [0.15, 0.2) is 30.3 Å². The molecule has 91 valence electrons. The van der Waals surface area contributed by atoms with Gasteiger partial charge in [0, 0.05) is 19.1 Å². The Morgan fingerprint density at radius 3 is 2.82 bits per heavy atom. The van der Waals surface area contributed by atoms with Gasteiger partial charge in [0.25, 0.3) is 0 Å². The molecule has 2 rings (SSSR count). The first kappa shape index (κ1) is 12.1. The Kier molecular flexibility index (Phi) is 4.15. The van der Waals surface area contributed by atoms with Gasteiger partial charge < -0.3 is 4.90 Å². The van der Waals surface area contributed by atoms with Gasteiger partial charge in [-0.25, -0.2) is 0 Å². The van der Waals surface area contributed by atoms with E-state index in [1.165, 1.54) is 0 Å². The topological polar surface area (TPSA) is 44.1 Å². The van der Waals surface area contributed by atoms with Crippen molar-refractivity contribution in [1.82, 2.24) is 10.6 Å². The zero-order chi connectivity index (χ0) is 12.1. The van der Waals surface area contributed by atoms with Gasteiger partial charge in [-0.15, -0.1) is 0 Å². The van der Waals surface area contributed by atoms with Crippen molar-refractivity contribution >= 4 is 5.91 Å². The molecule has 0 bridgehead atoms. The summed E-state index contributed by atoms with van der Waals surface area (Å²) in [7, 11) is 0. The first-order chi connectivity index (χ1) is 8.25. The van der Waals surface area contributed by atoms with Crippen molar-refractivity contribution in [3.63, 3.8) is 0 Å². The average Bonchev–Trinajstić information content (AvgIpc) is 2.55. The largest absolute Gasteiger partial charge is 0.341 e. The second-order valence-electron chi connectivity index (χ2n) is 4.69. The van der Waals surface area contributed by atoms with Gasteiger partial charge in [-0.1, -0.05) is 36.8 Å². The van der Waals surface area contributed by atoms with Crippen LogP contribution < -0.4 is 5.73 Å². The number of carbonyl (C=O) groups excluding carboxylic acids is 1. The summed E-state index contributed by atoms with van der Waals surface area (Å²) < 4.78 is 0. The molecule has 3 nitrogen and oxygen atoms in total. The second kappa shape index (κ2) is 5.82. The highest BCUT2D eigenvalue weighted by Crippen LogP contribution is 2.12. The van der Waals surface area contributed by atoms with Crippen molar-refractivity contribution < 1.29 is 4.79 Å². The molecule has 1 radical (unpaired) electrons. The fourth-order valence-corrected chi connectivity index (χ4v) is 2.25. The fraction of sp³-hybridized carbons (Fsp3) is 0.500. The molecule has 1 atom stereocenters. The molecule has 1 heterocycles. The van der Waals surface area contributed by atoms with E-state index in [0.717, 1.165) is 31.4 Å². The van der Waals surface area contributed by atoms with Crippen LogP contribution >= 0.6 is 0 Å². The van der Waals surface area contributed by atoms with Crippen LogP contribution in [0.3, 0.4) is 0 Å². The number of likely N-dealkylation sites (tertiary alicyclic amines) is 1. The maximum absolute atomic E-state index is 12.1. The molecule has 1 unspecified atom stereocenters. The number of rotatable bonds is 2. The Hall–Kier alpha value is -1.35. The summed E-state index contributed by atoms with van der Waals surface area (Å²) >= 11 is 0. The minimum absolute atomic E-state index is 0.0998. The molecule has 1 aliphatic rings. The maximum atomic E-state index is 12.1. The summed E-state index contributed by atoms with van der Waals surface area (Å²) in [5.74, 6) is 0.162. The third-order valence-corrected chi connectivity index (χ3v) is 3.22. The maximum Gasteiger partial charge on any atom is 0.227 e. The third-order valence-electron chi connectivity index (χ3n) is 3.22. The van der Waals surface area contributed by atoms with E-state index in [2.05, 4.69) is 0 Å². The van der Waals surface area contributed by atoms with E-state index in [-0.39, 0.29) is 11.9 Å². The zero-order valence-corrected chi connectivity index (χ0v) is 10.1. The van der Waals surface area contributed by atoms with E-state index in [0.29, 0.717) is 13.0 Å².